The molecule has 36 heavy (non-hydrogen) atoms. The monoisotopic (exact) mass is 498 g/mol. The summed E-state index contributed by atoms with van der Waals surface area (Å²) < 4.78 is 0. The number of rotatable bonds is 9. The molecule has 0 spiro atoms. The van der Waals surface area contributed by atoms with Gasteiger partial charge in [0.05, 0.1) is 18.1 Å². The van der Waals surface area contributed by atoms with E-state index in [2.05, 4.69) is 52.7 Å². The van der Waals surface area contributed by atoms with Crippen molar-refractivity contribution in [2.24, 2.45) is 0 Å². The zero-order valence-electron chi connectivity index (χ0n) is 21.9. The molecule has 0 saturated carbocycles. The number of carbonyl (C=O) groups excluding carboxylic acids is 3. The maximum atomic E-state index is 12.7. The predicted molar refractivity (Wildman–Crippen MR) is 139 cm³/mol. The molecule has 9 nitrogen and oxygen atoms in total. The highest BCUT2D eigenvalue weighted by Gasteiger charge is 2.26. The van der Waals surface area contributed by atoms with Crippen LogP contribution in [0.3, 0.4) is 0 Å². The minimum absolute atomic E-state index is 0.0243. The summed E-state index contributed by atoms with van der Waals surface area (Å²) in [5.74, 6) is 0.0728. The van der Waals surface area contributed by atoms with E-state index < -0.39 is 0 Å². The van der Waals surface area contributed by atoms with Crippen LogP contribution in [0.15, 0.2) is 0 Å². The smallest absolute Gasteiger partial charge is 0.237 e. The van der Waals surface area contributed by atoms with Crippen molar-refractivity contribution in [1.29, 1.82) is 0 Å². The molecule has 3 saturated heterocycles. The molecule has 1 aromatic carbocycles. The van der Waals surface area contributed by atoms with Crippen molar-refractivity contribution in [3.05, 3.63) is 33.4 Å². The lowest BCUT2D eigenvalue weighted by molar-refractivity contribution is -0.123. The third-order valence-corrected chi connectivity index (χ3v) is 8.16. The van der Waals surface area contributed by atoms with Gasteiger partial charge in [0, 0.05) is 19.6 Å². The van der Waals surface area contributed by atoms with Gasteiger partial charge in [-0.1, -0.05) is 0 Å². The Morgan fingerprint density at radius 3 is 1.08 bits per heavy atom. The van der Waals surface area contributed by atoms with Crippen molar-refractivity contribution in [2.75, 3.05) is 19.6 Å². The summed E-state index contributed by atoms with van der Waals surface area (Å²) >= 11 is 0. The van der Waals surface area contributed by atoms with Crippen LogP contribution in [-0.2, 0) is 34.0 Å². The summed E-state index contributed by atoms with van der Waals surface area (Å²) in [5, 5.41) is 19.1. The first kappa shape index (κ1) is 26.6. The Bertz CT molecular complexity index is 831. The number of benzene rings is 1. The molecule has 0 aromatic heterocycles. The molecule has 4 rings (SSSR count). The average molecular weight is 499 g/mol. The second kappa shape index (κ2) is 12.2. The van der Waals surface area contributed by atoms with Crippen LogP contribution in [0.2, 0.25) is 0 Å². The number of amides is 3. The van der Waals surface area contributed by atoms with E-state index in [1.165, 1.54) is 0 Å². The molecule has 0 unspecified atom stereocenters. The van der Waals surface area contributed by atoms with E-state index in [0.717, 1.165) is 91.5 Å². The fraction of sp³-hybridized carbons (Fsp3) is 0.667. The minimum Gasteiger partial charge on any atom is -0.351 e. The maximum Gasteiger partial charge on any atom is 0.237 e. The molecule has 0 radical (unpaired) electrons. The molecule has 3 atom stereocenters. The van der Waals surface area contributed by atoms with Crippen LogP contribution in [0.1, 0.15) is 71.9 Å². The molecule has 9 heteroatoms. The molecule has 0 bridgehead atoms. The zero-order chi connectivity index (χ0) is 25.7. The average Bonchev–Trinajstić information content (AvgIpc) is 3.66. The number of nitrogens with one attached hydrogen (secondary N) is 6. The third kappa shape index (κ3) is 6.07. The van der Waals surface area contributed by atoms with Crippen LogP contribution in [-0.4, -0.2) is 55.5 Å². The van der Waals surface area contributed by atoms with Crippen LogP contribution >= 0.6 is 0 Å². The van der Waals surface area contributed by atoms with Gasteiger partial charge in [-0.25, -0.2) is 0 Å². The molecule has 3 heterocycles. The molecule has 3 aliphatic heterocycles. The molecule has 3 aliphatic rings. The van der Waals surface area contributed by atoms with Gasteiger partial charge in [-0.2, -0.15) is 0 Å². The summed E-state index contributed by atoms with van der Waals surface area (Å²) in [4.78, 5) is 38.1. The van der Waals surface area contributed by atoms with Gasteiger partial charge < -0.3 is 31.9 Å². The Balaban J connectivity index is 1.54. The van der Waals surface area contributed by atoms with Crippen molar-refractivity contribution in [3.63, 3.8) is 0 Å². The molecule has 6 N–H and O–H groups in total. The Kier molecular flexibility index (Phi) is 8.98. The second-order valence-corrected chi connectivity index (χ2v) is 10.4. The first-order valence-electron chi connectivity index (χ1n) is 13.5. The van der Waals surface area contributed by atoms with Gasteiger partial charge >= 0.3 is 0 Å². The Morgan fingerprint density at radius 1 is 0.583 bits per heavy atom. The van der Waals surface area contributed by atoms with Crippen molar-refractivity contribution in [3.8, 4) is 0 Å². The van der Waals surface area contributed by atoms with Gasteiger partial charge in [0.1, 0.15) is 0 Å². The number of hydrogen-bond donors (Lipinski definition) is 6. The Labute approximate surface area is 214 Å². The molecular weight excluding hydrogens is 456 g/mol. The zero-order valence-corrected chi connectivity index (χ0v) is 21.9. The molecule has 0 aliphatic carbocycles. The van der Waals surface area contributed by atoms with Gasteiger partial charge in [0.25, 0.3) is 0 Å². The van der Waals surface area contributed by atoms with Crippen LogP contribution < -0.4 is 31.9 Å². The summed E-state index contributed by atoms with van der Waals surface area (Å²) in [6, 6.07) is -0.399. The highest BCUT2D eigenvalue weighted by molar-refractivity contribution is 5.83. The molecular formula is C27H42N6O3. The standard InChI is InChI=1S/C27H42N6O3/c1-16-19(13-31-25(34)22-7-4-10-28-22)17(2)21(15-33-27(36)24-9-6-12-30-24)18(3)20(16)14-32-26(35)23-8-5-11-29-23/h22-24,28-30H,4-15H2,1-3H3,(H,31,34)(H,32,35)(H,33,36)/t22-,23-,24-/m0/s1. The highest BCUT2D eigenvalue weighted by Crippen LogP contribution is 2.28. The van der Waals surface area contributed by atoms with Gasteiger partial charge in [0.15, 0.2) is 0 Å². The van der Waals surface area contributed by atoms with Crippen LogP contribution in [0.25, 0.3) is 0 Å². The minimum atomic E-state index is -0.133. The van der Waals surface area contributed by atoms with Crippen LogP contribution in [0, 0.1) is 20.8 Å². The Hall–Kier alpha value is -2.49. The summed E-state index contributed by atoms with van der Waals surface area (Å²) in [6.45, 7) is 10.1. The molecule has 198 valence electrons. The molecule has 3 fully saturated rings. The molecule has 3 amide bonds. The summed E-state index contributed by atoms with van der Waals surface area (Å²) in [7, 11) is 0. The fourth-order valence-corrected chi connectivity index (χ4v) is 5.81. The van der Waals surface area contributed by atoms with Crippen molar-refractivity contribution < 1.29 is 14.4 Å². The maximum absolute atomic E-state index is 12.7. The molecule has 1 aromatic rings. The second-order valence-electron chi connectivity index (χ2n) is 10.4. The predicted octanol–water partition coefficient (Wildman–Crippen LogP) is 0.716. The van der Waals surface area contributed by atoms with Gasteiger partial charge in [-0.3, -0.25) is 14.4 Å². The normalized spacial score (nSPS) is 23.6. The van der Waals surface area contributed by atoms with Crippen LogP contribution in [0.5, 0.6) is 0 Å². The Morgan fingerprint density at radius 2 is 0.861 bits per heavy atom. The lowest BCUT2D eigenvalue weighted by Gasteiger charge is -2.24. The lowest BCUT2D eigenvalue weighted by Crippen LogP contribution is -2.41. The van der Waals surface area contributed by atoms with E-state index in [1.807, 2.05) is 0 Å². The first-order valence-corrected chi connectivity index (χ1v) is 13.5. The largest absolute Gasteiger partial charge is 0.351 e. The SMILES string of the molecule is Cc1c(CNC(=O)[C@@H]2CCCN2)c(C)c(CNC(=O)[C@@H]2CCCN2)c(C)c1CNC(=O)[C@@H]1CCCN1. The third-order valence-electron chi connectivity index (χ3n) is 8.16. The lowest BCUT2D eigenvalue weighted by atomic mass is 9.87. The quantitative estimate of drug-likeness (QED) is 0.298. The summed E-state index contributed by atoms with van der Waals surface area (Å²) in [6.07, 6.45) is 5.62. The van der Waals surface area contributed by atoms with Crippen molar-refractivity contribution in [2.45, 2.75) is 97.1 Å². The van der Waals surface area contributed by atoms with Crippen molar-refractivity contribution >= 4 is 17.7 Å². The van der Waals surface area contributed by atoms with E-state index in [-0.39, 0.29) is 35.8 Å². The number of hydrogen-bond acceptors (Lipinski definition) is 6. The topological polar surface area (TPSA) is 123 Å². The van der Waals surface area contributed by atoms with Gasteiger partial charge in [-0.15, -0.1) is 0 Å². The summed E-state index contributed by atoms with van der Waals surface area (Å²) in [5.41, 5.74) is 6.40. The first-order chi connectivity index (χ1) is 17.4. The van der Waals surface area contributed by atoms with E-state index in [0.29, 0.717) is 19.6 Å². The van der Waals surface area contributed by atoms with Gasteiger partial charge in [-0.05, 0) is 112 Å². The fourth-order valence-electron chi connectivity index (χ4n) is 5.81. The van der Waals surface area contributed by atoms with E-state index >= 15 is 0 Å². The van der Waals surface area contributed by atoms with E-state index in [4.69, 9.17) is 0 Å². The van der Waals surface area contributed by atoms with Crippen LogP contribution in [0.4, 0.5) is 0 Å². The van der Waals surface area contributed by atoms with Crippen molar-refractivity contribution in [1.82, 2.24) is 31.9 Å². The van der Waals surface area contributed by atoms with E-state index in [9.17, 15) is 14.4 Å². The number of carbonyl (C=O) groups is 3. The van der Waals surface area contributed by atoms with Gasteiger partial charge in [0.2, 0.25) is 17.7 Å². The van der Waals surface area contributed by atoms with E-state index in [1.54, 1.807) is 0 Å². The highest BCUT2D eigenvalue weighted by atomic mass is 16.2.